The van der Waals surface area contributed by atoms with Crippen LogP contribution in [0.15, 0.2) is 30.3 Å². The maximum atomic E-state index is 12.0. The number of carboxylic acids is 1. The van der Waals surface area contributed by atoms with Gasteiger partial charge >= 0.3 is 12.0 Å². The molecule has 0 bridgehead atoms. The molecule has 0 saturated carbocycles. The van der Waals surface area contributed by atoms with Crippen LogP contribution < -0.4 is 5.32 Å². The summed E-state index contributed by atoms with van der Waals surface area (Å²) in [6.45, 7) is 1.96. The molecule has 0 aromatic heterocycles. The molecule has 20 heavy (non-hydrogen) atoms. The predicted octanol–water partition coefficient (Wildman–Crippen LogP) is 0.724. The average molecular weight is 278 g/mol. The van der Waals surface area contributed by atoms with Gasteiger partial charge in [-0.3, -0.25) is 0 Å². The molecule has 108 valence electrons. The number of carboxylic acid groups (broad SMARTS) is 1. The summed E-state index contributed by atoms with van der Waals surface area (Å²) in [4.78, 5) is 24.8. The molecule has 6 nitrogen and oxygen atoms in total. The van der Waals surface area contributed by atoms with Crippen LogP contribution in [0.25, 0.3) is 0 Å². The van der Waals surface area contributed by atoms with E-state index in [1.54, 1.807) is 4.90 Å². The van der Waals surface area contributed by atoms with Crippen LogP contribution in [-0.4, -0.2) is 54.4 Å². The largest absolute Gasteiger partial charge is 0.480 e. The van der Waals surface area contributed by atoms with Crippen molar-refractivity contribution in [3.05, 3.63) is 35.9 Å². The Kier molecular flexibility index (Phi) is 4.95. The van der Waals surface area contributed by atoms with E-state index in [4.69, 9.17) is 4.74 Å². The van der Waals surface area contributed by atoms with E-state index in [9.17, 15) is 14.7 Å². The van der Waals surface area contributed by atoms with Crippen LogP contribution in [0.5, 0.6) is 0 Å². The topological polar surface area (TPSA) is 78.9 Å². The molecule has 1 atom stereocenters. The van der Waals surface area contributed by atoms with Gasteiger partial charge in [0.15, 0.2) is 0 Å². The molecule has 0 spiro atoms. The molecule has 1 heterocycles. The number of amides is 2. The van der Waals surface area contributed by atoms with E-state index in [1.165, 1.54) is 0 Å². The number of nitrogens with one attached hydrogen (secondary N) is 1. The number of rotatable bonds is 4. The summed E-state index contributed by atoms with van der Waals surface area (Å²) in [5, 5.41) is 11.8. The van der Waals surface area contributed by atoms with Crippen LogP contribution in [-0.2, 0) is 16.0 Å². The SMILES string of the molecule is O=C(O)[C@@H](Cc1ccccc1)NC(=O)N1CCOCC1. The van der Waals surface area contributed by atoms with Crippen molar-refractivity contribution >= 4 is 12.0 Å². The molecule has 6 heteroatoms. The molecule has 1 aliphatic heterocycles. The fourth-order valence-electron chi connectivity index (χ4n) is 2.06. The maximum Gasteiger partial charge on any atom is 0.326 e. The minimum absolute atomic E-state index is 0.270. The second-order valence-electron chi connectivity index (χ2n) is 4.63. The summed E-state index contributed by atoms with van der Waals surface area (Å²) in [5.41, 5.74) is 0.877. The van der Waals surface area contributed by atoms with Crippen molar-refractivity contribution in [2.24, 2.45) is 0 Å². The summed E-state index contributed by atoms with van der Waals surface area (Å²) in [7, 11) is 0. The van der Waals surface area contributed by atoms with E-state index >= 15 is 0 Å². The lowest BCUT2D eigenvalue weighted by Gasteiger charge is -2.28. The molecule has 1 aliphatic rings. The first-order valence-corrected chi connectivity index (χ1v) is 6.57. The smallest absolute Gasteiger partial charge is 0.326 e. The number of hydrogen-bond acceptors (Lipinski definition) is 3. The summed E-state index contributed by atoms with van der Waals surface area (Å²) < 4.78 is 5.16. The monoisotopic (exact) mass is 278 g/mol. The Balaban J connectivity index is 1.95. The van der Waals surface area contributed by atoms with Gasteiger partial charge in [-0.1, -0.05) is 30.3 Å². The number of carbonyl (C=O) groups is 2. The minimum Gasteiger partial charge on any atom is -0.480 e. The predicted molar refractivity (Wildman–Crippen MR) is 72.5 cm³/mol. The van der Waals surface area contributed by atoms with Gasteiger partial charge in [0.05, 0.1) is 13.2 Å². The van der Waals surface area contributed by atoms with Gasteiger partial charge in [0, 0.05) is 19.5 Å². The van der Waals surface area contributed by atoms with Crippen LogP contribution >= 0.6 is 0 Å². The molecule has 1 saturated heterocycles. The zero-order chi connectivity index (χ0) is 14.4. The number of morpholine rings is 1. The zero-order valence-corrected chi connectivity index (χ0v) is 11.1. The Morgan fingerprint density at radius 1 is 1.25 bits per heavy atom. The van der Waals surface area contributed by atoms with Gasteiger partial charge in [0.2, 0.25) is 0 Å². The second kappa shape index (κ2) is 6.91. The Hall–Kier alpha value is -2.08. The zero-order valence-electron chi connectivity index (χ0n) is 11.1. The number of ether oxygens (including phenoxy) is 1. The number of hydrogen-bond donors (Lipinski definition) is 2. The fraction of sp³-hybridized carbons (Fsp3) is 0.429. The Morgan fingerprint density at radius 2 is 1.90 bits per heavy atom. The van der Waals surface area contributed by atoms with Gasteiger partial charge in [-0.05, 0) is 5.56 Å². The lowest BCUT2D eigenvalue weighted by atomic mass is 10.1. The first kappa shape index (κ1) is 14.3. The highest BCUT2D eigenvalue weighted by Crippen LogP contribution is 2.05. The quantitative estimate of drug-likeness (QED) is 0.850. The molecule has 1 aromatic rings. The van der Waals surface area contributed by atoms with E-state index in [2.05, 4.69) is 5.32 Å². The third-order valence-corrected chi connectivity index (χ3v) is 3.18. The number of aliphatic carboxylic acids is 1. The summed E-state index contributed by atoms with van der Waals surface area (Å²) >= 11 is 0. The van der Waals surface area contributed by atoms with Gasteiger partial charge in [-0.2, -0.15) is 0 Å². The van der Waals surface area contributed by atoms with E-state index < -0.39 is 12.0 Å². The third-order valence-electron chi connectivity index (χ3n) is 3.18. The third kappa shape index (κ3) is 3.96. The van der Waals surface area contributed by atoms with E-state index in [0.717, 1.165) is 5.56 Å². The van der Waals surface area contributed by atoms with Crippen LogP contribution in [0.3, 0.4) is 0 Å². The van der Waals surface area contributed by atoms with E-state index in [1.807, 2.05) is 30.3 Å². The molecular formula is C14H18N2O4. The molecule has 2 N–H and O–H groups in total. The van der Waals surface area contributed by atoms with Crippen LogP contribution in [0.1, 0.15) is 5.56 Å². The number of benzene rings is 1. The van der Waals surface area contributed by atoms with Crippen molar-refractivity contribution in [1.82, 2.24) is 10.2 Å². The normalized spacial score (nSPS) is 16.5. The number of urea groups is 1. The average Bonchev–Trinajstić information content (AvgIpc) is 2.48. The van der Waals surface area contributed by atoms with E-state index in [0.29, 0.717) is 26.3 Å². The molecule has 2 amide bonds. The first-order chi connectivity index (χ1) is 9.66. The van der Waals surface area contributed by atoms with Crippen molar-refractivity contribution in [3.8, 4) is 0 Å². The Labute approximate surface area is 117 Å². The molecule has 2 rings (SSSR count). The Morgan fingerprint density at radius 3 is 2.50 bits per heavy atom. The van der Waals surface area contributed by atoms with Crippen LogP contribution in [0, 0.1) is 0 Å². The fourth-order valence-corrected chi connectivity index (χ4v) is 2.06. The van der Waals surface area contributed by atoms with Gasteiger partial charge < -0.3 is 20.1 Å². The number of nitrogens with zero attached hydrogens (tertiary/aromatic N) is 1. The van der Waals surface area contributed by atoms with Crippen molar-refractivity contribution in [3.63, 3.8) is 0 Å². The van der Waals surface area contributed by atoms with Crippen molar-refractivity contribution in [1.29, 1.82) is 0 Å². The van der Waals surface area contributed by atoms with Gasteiger partial charge in [-0.25, -0.2) is 9.59 Å². The van der Waals surface area contributed by atoms with E-state index in [-0.39, 0.29) is 12.5 Å². The lowest BCUT2D eigenvalue weighted by molar-refractivity contribution is -0.139. The number of carbonyl (C=O) groups excluding carboxylic acids is 1. The molecule has 1 aromatic carbocycles. The van der Waals surface area contributed by atoms with Crippen LogP contribution in [0.4, 0.5) is 4.79 Å². The highest BCUT2D eigenvalue weighted by Gasteiger charge is 2.24. The van der Waals surface area contributed by atoms with Crippen molar-refractivity contribution in [2.45, 2.75) is 12.5 Å². The molecule has 0 aliphatic carbocycles. The summed E-state index contributed by atoms with van der Waals surface area (Å²) in [6, 6.07) is 7.97. The van der Waals surface area contributed by atoms with Crippen molar-refractivity contribution < 1.29 is 19.4 Å². The Bertz CT molecular complexity index is 458. The molecular weight excluding hydrogens is 260 g/mol. The van der Waals surface area contributed by atoms with Crippen LogP contribution in [0.2, 0.25) is 0 Å². The van der Waals surface area contributed by atoms with Gasteiger partial charge in [0.25, 0.3) is 0 Å². The van der Waals surface area contributed by atoms with Gasteiger partial charge in [-0.15, -0.1) is 0 Å². The molecule has 1 fully saturated rings. The van der Waals surface area contributed by atoms with Gasteiger partial charge in [0.1, 0.15) is 6.04 Å². The minimum atomic E-state index is -1.03. The summed E-state index contributed by atoms with van der Waals surface area (Å²) in [6.07, 6.45) is 0.270. The highest BCUT2D eigenvalue weighted by molar-refractivity contribution is 5.82. The molecule has 0 unspecified atom stereocenters. The highest BCUT2D eigenvalue weighted by atomic mass is 16.5. The maximum absolute atomic E-state index is 12.0. The lowest BCUT2D eigenvalue weighted by Crippen LogP contribution is -2.51. The first-order valence-electron chi connectivity index (χ1n) is 6.57. The second-order valence-corrected chi connectivity index (χ2v) is 4.63. The molecule has 0 radical (unpaired) electrons. The summed E-state index contributed by atoms with van der Waals surface area (Å²) in [5.74, 6) is -1.03. The standard InChI is InChI=1S/C14H18N2O4/c17-13(18)12(10-11-4-2-1-3-5-11)15-14(19)16-6-8-20-9-7-16/h1-5,12H,6-10H2,(H,15,19)(H,17,18)/t12-/m1/s1. The van der Waals surface area contributed by atoms with Crippen molar-refractivity contribution in [2.75, 3.05) is 26.3 Å².